The number of hydrogen-bond donors (Lipinski definition) is 1. The van der Waals surface area contributed by atoms with Gasteiger partial charge in [-0.2, -0.15) is 5.10 Å². The minimum Gasteiger partial charge on any atom is -0.366 e. The lowest BCUT2D eigenvalue weighted by Crippen LogP contribution is -1.98. The Labute approximate surface area is 81.0 Å². The van der Waals surface area contributed by atoms with Crippen molar-refractivity contribution < 1.29 is 0 Å². The van der Waals surface area contributed by atoms with Crippen LogP contribution in [0.1, 0.15) is 5.69 Å². The van der Waals surface area contributed by atoms with E-state index in [4.69, 9.17) is 5.73 Å². The Kier molecular flexibility index (Phi) is 2.06. The molecule has 0 spiro atoms. The first-order valence-corrected chi connectivity index (χ1v) is 4.14. The van der Waals surface area contributed by atoms with Gasteiger partial charge in [0.05, 0.1) is 11.9 Å². The van der Waals surface area contributed by atoms with E-state index >= 15 is 0 Å². The fraction of sp³-hybridized carbons (Fsp3) is 0.111. The molecule has 0 atom stereocenters. The van der Waals surface area contributed by atoms with Gasteiger partial charge in [0.15, 0.2) is 0 Å². The summed E-state index contributed by atoms with van der Waals surface area (Å²) >= 11 is 0. The number of anilines is 1. The van der Waals surface area contributed by atoms with Crippen LogP contribution in [0.3, 0.4) is 0 Å². The van der Waals surface area contributed by atoms with Crippen LogP contribution in [0.15, 0.2) is 24.5 Å². The molecule has 0 aliphatic rings. The molecule has 0 aromatic carbocycles. The lowest BCUT2D eigenvalue weighted by molar-refractivity contribution is 0.989. The molecule has 0 aliphatic carbocycles. The molecule has 0 unspecified atom stereocenters. The Hall–Kier alpha value is -2.04. The second-order valence-electron chi connectivity index (χ2n) is 2.89. The van der Waals surface area contributed by atoms with E-state index in [0.717, 1.165) is 11.3 Å². The number of nitrogen functional groups attached to an aromatic ring is 1. The maximum atomic E-state index is 5.43. The third kappa shape index (κ3) is 1.66. The van der Waals surface area contributed by atoms with Crippen molar-refractivity contribution in [3.05, 3.63) is 30.2 Å². The number of hydrogen-bond acceptors (Lipinski definition) is 5. The van der Waals surface area contributed by atoms with Crippen molar-refractivity contribution in [1.82, 2.24) is 20.2 Å². The van der Waals surface area contributed by atoms with Crippen LogP contribution in [0.25, 0.3) is 11.3 Å². The average molecular weight is 187 g/mol. The first kappa shape index (κ1) is 8.55. The molecular weight excluding hydrogens is 178 g/mol. The van der Waals surface area contributed by atoms with Crippen molar-refractivity contribution in [3.63, 3.8) is 0 Å². The highest BCUT2D eigenvalue weighted by molar-refractivity contribution is 5.58. The summed E-state index contributed by atoms with van der Waals surface area (Å²) in [5.74, 6) is 0.178. The summed E-state index contributed by atoms with van der Waals surface area (Å²) in [5.41, 5.74) is 8.02. The zero-order valence-electron chi connectivity index (χ0n) is 7.68. The Morgan fingerprint density at radius 2 is 2.21 bits per heavy atom. The summed E-state index contributed by atoms with van der Waals surface area (Å²) < 4.78 is 0. The fourth-order valence-corrected chi connectivity index (χ4v) is 1.16. The first-order chi connectivity index (χ1) is 6.75. The third-order valence-electron chi connectivity index (χ3n) is 1.77. The molecule has 0 amide bonds. The van der Waals surface area contributed by atoms with E-state index in [1.165, 1.54) is 0 Å². The van der Waals surface area contributed by atoms with Crippen LogP contribution >= 0.6 is 0 Å². The summed E-state index contributed by atoms with van der Waals surface area (Å²) in [6.45, 7) is 1.92. The molecule has 0 saturated heterocycles. The van der Waals surface area contributed by atoms with Crippen LogP contribution in [0.4, 0.5) is 5.95 Å². The quantitative estimate of drug-likeness (QED) is 0.715. The fourth-order valence-electron chi connectivity index (χ4n) is 1.16. The van der Waals surface area contributed by atoms with E-state index in [1.807, 2.05) is 19.1 Å². The highest BCUT2D eigenvalue weighted by Crippen LogP contribution is 2.15. The Morgan fingerprint density at radius 1 is 1.36 bits per heavy atom. The smallest absolute Gasteiger partial charge is 0.240 e. The minimum atomic E-state index is 0.178. The van der Waals surface area contributed by atoms with E-state index in [-0.39, 0.29) is 5.95 Å². The van der Waals surface area contributed by atoms with Crippen LogP contribution in [0.5, 0.6) is 0 Å². The number of rotatable bonds is 1. The summed E-state index contributed by atoms with van der Waals surface area (Å²) in [4.78, 5) is 8.15. The van der Waals surface area contributed by atoms with Gasteiger partial charge in [0.2, 0.25) is 5.95 Å². The average Bonchev–Trinajstić information content (AvgIpc) is 2.18. The third-order valence-corrected chi connectivity index (χ3v) is 1.77. The standard InChI is InChI=1S/C9H9N5/c1-6-4-7(2-3-11-6)8-5-12-14-9(10)13-8/h2-5H,1H3,(H2,10,13,14). The zero-order valence-corrected chi connectivity index (χ0v) is 7.68. The lowest BCUT2D eigenvalue weighted by atomic mass is 10.2. The predicted octanol–water partition coefficient (Wildman–Crippen LogP) is 0.824. The van der Waals surface area contributed by atoms with E-state index in [0.29, 0.717) is 5.69 Å². The van der Waals surface area contributed by atoms with Gasteiger partial charge in [-0.15, -0.1) is 5.10 Å². The summed E-state index contributed by atoms with van der Waals surface area (Å²) in [5, 5.41) is 7.32. The number of aromatic nitrogens is 4. The van der Waals surface area contributed by atoms with E-state index in [9.17, 15) is 0 Å². The molecule has 2 aromatic heterocycles. The molecule has 0 bridgehead atoms. The van der Waals surface area contributed by atoms with Gasteiger partial charge >= 0.3 is 0 Å². The molecule has 0 saturated carbocycles. The molecule has 5 heteroatoms. The first-order valence-electron chi connectivity index (χ1n) is 4.14. The topological polar surface area (TPSA) is 77.6 Å². The van der Waals surface area contributed by atoms with Gasteiger partial charge in [0.25, 0.3) is 0 Å². The predicted molar refractivity (Wildman–Crippen MR) is 52.2 cm³/mol. The minimum absolute atomic E-state index is 0.178. The summed E-state index contributed by atoms with van der Waals surface area (Å²) in [7, 11) is 0. The van der Waals surface area contributed by atoms with Gasteiger partial charge in [-0.05, 0) is 19.1 Å². The van der Waals surface area contributed by atoms with Gasteiger partial charge in [-0.1, -0.05) is 0 Å². The molecule has 14 heavy (non-hydrogen) atoms. The van der Waals surface area contributed by atoms with Gasteiger partial charge in [0.1, 0.15) is 0 Å². The molecule has 0 fully saturated rings. The molecule has 2 N–H and O–H groups in total. The van der Waals surface area contributed by atoms with Crippen molar-refractivity contribution >= 4 is 5.95 Å². The summed E-state index contributed by atoms with van der Waals surface area (Å²) in [6, 6.07) is 3.78. The monoisotopic (exact) mass is 187 g/mol. The number of nitrogens with two attached hydrogens (primary N) is 1. The van der Waals surface area contributed by atoms with Crippen molar-refractivity contribution in [3.8, 4) is 11.3 Å². The molecular formula is C9H9N5. The van der Waals surface area contributed by atoms with Crippen LogP contribution < -0.4 is 5.73 Å². The number of aryl methyl sites for hydroxylation is 1. The Bertz CT molecular complexity index is 411. The van der Waals surface area contributed by atoms with E-state index in [1.54, 1.807) is 12.4 Å². The van der Waals surface area contributed by atoms with E-state index in [2.05, 4.69) is 20.2 Å². The van der Waals surface area contributed by atoms with Crippen molar-refractivity contribution in [1.29, 1.82) is 0 Å². The number of nitrogens with zero attached hydrogens (tertiary/aromatic N) is 4. The molecule has 0 radical (unpaired) electrons. The molecule has 2 rings (SSSR count). The molecule has 0 aliphatic heterocycles. The maximum absolute atomic E-state index is 5.43. The number of pyridine rings is 1. The molecule has 5 nitrogen and oxygen atoms in total. The van der Waals surface area contributed by atoms with Gasteiger partial charge < -0.3 is 5.73 Å². The second kappa shape index (κ2) is 3.37. The normalized spacial score (nSPS) is 10.1. The van der Waals surface area contributed by atoms with Crippen molar-refractivity contribution in [2.45, 2.75) is 6.92 Å². The Morgan fingerprint density at radius 3 is 2.93 bits per heavy atom. The molecule has 2 aromatic rings. The largest absolute Gasteiger partial charge is 0.366 e. The Balaban J connectivity index is 2.49. The van der Waals surface area contributed by atoms with Gasteiger partial charge in [-0.25, -0.2) is 4.98 Å². The second-order valence-corrected chi connectivity index (χ2v) is 2.89. The zero-order chi connectivity index (χ0) is 9.97. The van der Waals surface area contributed by atoms with Crippen LogP contribution in [-0.2, 0) is 0 Å². The maximum Gasteiger partial charge on any atom is 0.240 e. The van der Waals surface area contributed by atoms with Gasteiger partial charge in [-0.3, -0.25) is 4.98 Å². The highest BCUT2D eigenvalue weighted by atomic mass is 15.2. The highest BCUT2D eigenvalue weighted by Gasteiger charge is 2.01. The summed E-state index contributed by atoms with van der Waals surface area (Å²) in [6.07, 6.45) is 3.30. The molecule has 70 valence electrons. The van der Waals surface area contributed by atoms with Crippen molar-refractivity contribution in [2.24, 2.45) is 0 Å². The van der Waals surface area contributed by atoms with Crippen molar-refractivity contribution in [2.75, 3.05) is 5.73 Å². The van der Waals surface area contributed by atoms with Gasteiger partial charge in [0, 0.05) is 17.5 Å². The lowest BCUT2D eigenvalue weighted by Gasteiger charge is -2.00. The van der Waals surface area contributed by atoms with E-state index < -0.39 is 0 Å². The molecule has 2 heterocycles. The van der Waals surface area contributed by atoms with Crippen LogP contribution in [0.2, 0.25) is 0 Å². The van der Waals surface area contributed by atoms with Crippen LogP contribution in [-0.4, -0.2) is 20.2 Å². The SMILES string of the molecule is Cc1cc(-c2cnnc(N)n2)ccn1. The van der Waals surface area contributed by atoms with Crippen LogP contribution in [0, 0.1) is 6.92 Å².